The molecule has 0 amide bonds. The van der Waals surface area contributed by atoms with Crippen molar-refractivity contribution in [2.45, 2.75) is 26.4 Å². The molecule has 1 atom stereocenters. The lowest BCUT2D eigenvalue weighted by molar-refractivity contribution is 0.101. The van der Waals surface area contributed by atoms with Crippen LogP contribution in [0.25, 0.3) is 0 Å². The molecule has 3 aromatic rings. The van der Waals surface area contributed by atoms with E-state index in [4.69, 9.17) is 4.42 Å². The molecule has 24 heavy (non-hydrogen) atoms. The summed E-state index contributed by atoms with van der Waals surface area (Å²) >= 11 is 0. The first kappa shape index (κ1) is 16.2. The lowest BCUT2D eigenvalue weighted by Crippen LogP contribution is -2.21. The molecule has 2 aromatic carbocycles. The van der Waals surface area contributed by atoms with Gasteiger partial charge in [-0.25, -0.2) is 0 Å². The lowest BCUT2D eigenvalue weighted by Gasteiger charge is -2.17. The Bertz CT molecular complexity index is 806. The van der Waals surface area contributed by atoms with Gasteiger partial charge >= 0.3 is 0 Å². The predicted octanol–water partition coefficient (Wildman–Crippen LogP) is 4.67. The van der Waals surface area contributed by atoms with E-state index in [9.17, 15) is 4.79 Å². The van der Waals surface area contributed by atoms with E-state index in [2.05, 4.69) is 29.6 Å². The zero-order valence-corrected chi connectivity index (χ0v) is 14.0. The van der Waals surface area contributed by atoms with Crippen molar-refractivity contribution in [2.75, 3.05) is 0 Å². The SMILES string of the molecule is CC(=O)c1cc(C(NCc2ccccc2)c2ccccc2)oc1C. The number of carbonyl (C=O) groups excluding carboxylic acids is 1. The third-order valence-electron chi connectivity index (χ3n) is 4.09. The third kappa shape index (κ3) is 3.63. The van der Waals surface area contributed by atoms with Gasteiger partial charge in [0.1, 0.15) is 11.5 Å². The second-order valence-electron chi connectivity index (χ2n) is 5.89. The van der Waals surface area contributed by atoms with E-state index >= 15 is 0 Å². The quantitative estimate of drug-likeness (QED) is 0.671. The van der Waals surface area contributed by atoms with Gasteiger partial charge in [0.25, 0.3) is 0 Å². The Labute approximate surface area is 142 Å². The van der Waals surface area contributed by atoms with E-state index in [0.29, 0.717) is 11.3 Å². The van der Waals surface area contributed by atoms with Crippen LogP contribution in [0, 0.1) is 6.92 Å². The van der Waals surface area contributed by atoms with Crippen LogP contribution < -0.4 is 5.32 Å². The van der Waals surface area contributed by atoms with Gasteiger partial charge in [0.15, 0.2) is 5.78 Å². The average Bonchev–Trinajstić information content (AvgIpc) is 2.99. The standard InChI is InChI=1S/C21H21NO2/c1-15(23)19-13-20(24-16(19)2)21(18-11-7-4-8-12-18)22-14-17-9-5-3-6-10-17/h3-13,21-22H,14H2,1-2H3. The minimum absolute atomic E-state index is 0.0253. The van der Waals surface area contributed by atoms with Gasteiger partial charge in [-0.05, 0) is 31.0 Å². The summed E-state index contributed by atoms with van der Waals surface area (Å²) in [7, 11) is 0. The van der Waals surface area contributed by atoms with Gasteiger partial charge in [-0.2, -0.15) is 0 Å². The number of benzene rings is 2. The average molecular weight is 319 g/mol. The van der Waals surface area contributed by atoms with E-state index in [1.807, 2.05) is 49.4 Å². The summed E-state index contributed by atoms with van der Waals surface area (Å²) in [5.41, 5.74) is 2.96. The normalized spacial score (nSPS) is 12.1. The minimum atomic E-state index is -0.0989. The molecule has 0 fully saturated rings. The number of hydrogen-bond acceptors (Lipinski definition) is 3. The maximum atomic E-state index is 11.7. The van der Waals surface area contributed by atoms with E-state index < -0.39 is 0 Å². The molecule has 3 heteroatoms. The molecule has 3 nitrogen and oxygen atoms in total. The van der Waals surface area contributed by atoms with E-state index in [1.165, 1.54) is 5.56 Å². The molecular formula is C21H21NO2. The van der Waals surface area contributed by atoms with Gasteiger partial charge in [-0.3, -0.25) is 10.1 Å². The highest BCUT2D eigenvalue weighted by molar-refractivity contribution is 5.95. The third-order valence-corrected chi connectivity index (χ3v) is 4.09. The number of Topliss-reactive ketones (excluding diaryl/α,β-unsaturated/α-hetero) is 1. The van der Waals surface area contributed by atoms with Crippen molar-refractivity contribution in [3.63, 3.8) is 0 Å². The Hall–Kier alpha value is -2.65. The molecule has 0 aliphatic carbocycles. The number of rotatable bonds is 6. The molecule has 0 saturated carbocycles. The highest BCUT2D eigenvalue weighted by atomic mass is 16.3. The van der Waals surface area contributed by atoms with Gasteiger partial charge < -0.3 is 4.42 Å². The van der Waals surface area contributed by atoms with Crippen LogP contribution in [0.4, 0.5) is 0 Å². The molecular weight excluding hydrogens is 298 g/mol. The fraction of sp³-hybridized carbons (Fsp3) is 0.190. The molecule has 0 saturated heterocycles. The Balaban J connectivity index is 1.90. The molecule has 1 N–H and O–H groups in total. The lowest BCUT2D eigenvalue weighted by atomic mass is 10.0. The first-order chi connectivity index (χ1) is 11.6. The van der Waals surface area contributed by atoms with Crippen molar-refractivity contribution in [1.29, 1.82) is 0 Å². The highest BCUT2D eigenvalue weighted by Crippen LogP contribution is 2.27. The van der Waals surface area contributed by atoms with Gasteiger partial charge in [0, 0.05) is 6.54 Å². The maximum Gasteiger partial charge on any atom is 0.163 e. The van der Waals surface area contributed by atoms with Gasteiger partial charge in [-0.15, -0.1) is 0 Å². The van der Waals surface area contributed by atoms with Crippen LogP contribution in [0.2, 0.25) is 0 Å². The molecule has 0 bridgehead atoms. The summed E-state index contributed by atoms with van der Waals surface area (Å²) in [6.07, 6.45) is 0. The second-order valence-corrected chi connectivity index (χ2v) is 5.89. The number of hydrogen-bond donors (Lipinski definition) is 1. The molecule has 1 aromatic heterocycles. The van der Waals surface area contributed by atoms with Crippen molar-refractivity contribution in [1.82, 2.24) is 5.32 Å². The smallest absolute Gasteiger partial charge is 0.163 e. The van der Waals surface area contributed by atoms with Crippen LogP contribution >= 0.6 is 0 Å². The van der Waals surface area contributed by atoms with Gasteiger partial charge in [0.2, 0.25) is 0 Å². The number of carbonyl (C=O) groups is 1. The number of furan rings is 1. The van der Waals surface area contributed by atoms with E-state index in [-0.39, 0.29) is 11.8 Å². The van der Waals surface area contributed by atoms with Crippen molar-refractivity contribution in [3.8, 4) is 0 Å². The Morgan fingerprint density at radius 2 is 1.67 bits per heavy atom. The highest BCUT2D eigenvalue weighted by Gasteiger charge is 2.20. The van der Waals surface area contributed by atoms with Crippen molar-refractivity contribution >= 4 is 5.78 Å². The van der Waals surface area contributed by atoms with Crippen LogP contribution in [0.3, 0.4) is 0 Å². The van der Waals surface area contributed by atoms with Crippen molar-refractivity contribution in [2.24, 2.45) is 0 Å². The summed E-state index contributed by atoms with van der Waals surface area (Å²) in [5, 5.41) is 3.54. The summed E-state index contributed by atoms with van der Waals surface area (Å²) < 4.78 is 5.90. The predicted molar refractivity (Wildman–Crippen MR) is 95.0 cm³/mol. The van der Waals surface area contributed by atoms with Gasteiger partial charge in [0.05, 0.1) is 11.6 Å². The van der Waals surface area contributed by atoms with Crippen LogP contribution in [0.1, 0.15) is 46.0 Å². The first-order valence-corrected chi connectivity index (χ1v) is 8.08. The number of ketones is 1. The molecule has 3 rings (SSSR count). The molecule has 1 heterocycles. The molecule has 0 radical (unpaired) electrons. The Morgan fingerprint density at radius 3 is 2.25 bits per heavy atom. The molecule has 1 unspecified atom stereocenters. The Kier molecular flexibility index (Phi) is 4.92. The van der Waals surface area contributed by atoms with Gasteiger partial charge in [-0.1, -0.05) is 60.7 Å². The summed E-state index contributed by atoms with van der Waals surface area (Å²) in [4.78, 5) is 11.7. The second kappa shape index (κ2) is 7.28. The van der Waals surface area contributed by atoms with Crippen LogP contribution in [-0.2, 0) is 6.54 Å². The van der Waals surface area contributed by atoms with Crippen molar-refractivity contribution < 1.29 is 9.21 Å². The number of nitrogens with one attached hydrogen (secondary N) is 1. The molecule has 0 aliphatic rings. The number of aryl methyl sites for hydroxylation is 1. The zero-order chi connectivity index (χ0) is 16.9. The topological polar surface area (TPSA) is 42.2 Å². The van der Waals surface area contributed by atoms with Crippen molar-refractivity contribution in [3.05, 3.63) is 94.9 Å². The fourth-order valence-electron chi connectivity index (χ4n) is 2.84. The maximum absolute atomic E-state index is 11.7. The van der Waals surface area contributed by atoms with Crippen LogP contribution in [0.5, 0.6) is 0 Å². The van der Waals surface area contributed by atoms with Crippen LogP contribution in [-0.4, -0.2) is 5.78 Å². The molecule has 122 valence electrons. The van der Waals surface area contributed by atoms with E-state index in [1.54, 1.807) is 6.92 Å². The summed E-state index contributed by atoms with van der Waals surface area (Å²) in [5.74, 6) is 1.46. The summed E-state index contributed by atoms with van der Waals surface area (Å²) in [6, 6.07) is 22.1. The first-order valence-electron chi connectivity index (χ1n) is 8.08. The monoisotopic (exact) mass is 319 g/mol. The van der Waals surface area contributed by atoms with E-state index in [0.717, 1.165) is 17.9 Å². The largest absolute Gasteiger partial charge is 0.464 e. The summed E-state index contributed by atoms with van der Waals surface area (Å²) in [6.45, 7) is 4.12. The fourth-order valence-corrected chi connectivity index (χ4v) is 2.84. The Morgan fingerprint density at radius 1 is 1.04 bits per heavy atom. The minimum Gasteiger partial charge on any atom is -0.464 e. The van der Waals surface area contributed by atoms with Crippen LogP contribution in [0.15, 0.2) is 71.1 Å². The zero-order valence-electron chi connectivity index (χ0n) is 14.0. The molecule has 0 aliphatic heterocycles. The molecule has 0 spiro atoms.